The van der Waals surface area contributed by atoms with Crippen LogP contribution in [0.2, 0.25) is 0 Å². The van der Waals surface area contributed by atoms with Crippen LogP contribution in [0.1, 0.15) is 19.3 Å². The predicted octanol–water partition coefficient (Wildman–Crippen LogP) is 1.51. The van der Waals surface area contributed by atoms with Gasteiger partial charge in [0.15, 0.2) is 0 Å². The molecule has 1 amide bonds. The van der Waals surface area contributed by atoms with Crippen molar-refractivity contribution in [3.63, 3.8) is 0 Å². The second-order valence-corrected chi connectivity index (χ2v) is 7.39. The van der Waals surface area contributed by atoms with Crippen LogP contribution < -0.4 is 10.9 Å². The first-order chi connectivity index (χ1) is 12.7. The standard InChI is InChI=1S/C20H24N4O2/c25-18-7-6-17(16-4-2-1-3-5-16)22-24(18)14-19(26)23-12-9-20(10-13-23)8-11-21-15-20/h1-7,21H,8-15H2. The largest absolute Gasteiger partial charge is 0.341 e. The highest BCUT2D eigenvalue weighted by molar-refractivity contribution is 5.76. The van der Waals surface area contributed by atoms with Crippen molar-refractivity contribution in [2.24, 2.45) is 5.41 Å². The lowest BCUT2D eigenvalue weighted by Crippen LogP contribution is -2.46. The number of nitrogens with one attached hydrogen (secondary N) is 1. The van der Waals surface area contributed by atoms with E-state index in [9.17, 15) is 9.59 Å². The predicted molar refractivity (Wildman–Crippen MR) is 99.7 cm³/mol. The first kappa shape index (κ1) is 17.0. The average molecular weight is 352 g/mol. The number of nitrogens with zero attached hydrogens (tertiary/aromatic N) is 3. The van der Waals surface area contributed by atoms with Gasteiger partial charge in [-0.15, -0.1) is 0 Å². The molecule has 3 heterocycles. The van der Waals surface area contributed by atoms with Crippen LogP contribution in [0.3, 0.4) is 0 Å². The first-order valence-electron chi connectivity index (χ1n) is 9.27. The Hall–Kier alpha value is -2.47. The summed E-state index contributed by atoms with van der Waals surface area (Å²) >= 11 is 0. The van der Waals surface area contributed by atoms with Crippen LogP contribution in [-0.4, -0.2) is 46.8 Å². The molecule has 6 heteroatoms. The van der Waals surface area contributed by atoms with Crippen molar-refractivity contribution in [1.29, 1.82) is 0 Å². The second-order valence-electron chi connectivity index (χ2n) is 7.39. The molecule has 0 atom stereocenters. The zero-order valence-electron chi connectivity index (χ0n) is 14.9. The van der Waals surface area contributed by atoms with E-state index in [-0.39, 0.29) is 18.0 Å². The monoisotopic (exact) mass is 352 g/mol. The number of hydrogen-bond donors (Lipinski definition) is 1. The summed E-state index contributed by atoms with van der Waals surface area (Å²) in [6.45, 7) is 3.70. The zero-order valence-corrected chi connectivity index (χ0v) is 14.9. The third-order valence-electron chi connectivity index (χ3n) is 5.73. The third kappa shape index (κ3) is 3.42. The van der Waals surface area contributed by atoms with Crippen LogP contribution in [-0.2, 0) is 11.3 Å². The average Bonchev–Trinajstić information content (AvgIpc) is 3.13. The molecule has 4 rings (SSSR count). The van der Waals surface area contributed by atoms with Crippen LogP contribution in [0.5, 0.6) is 0 Å². The summed E-state index contributed by atoms with van der Waals surface area (Å²) in [5.74, 6) is -0.0226. The van der Waals surface area contributed by atoms with Gasteiger partial charge in [-0.05, 0) is 37.3 Å². The molecule has 2 aromatic rings. The fourth-order valence-electron chi connectivity index (χ4n) is 4.01. The topological polar surface area (TPSA) is 67.2 Å². The normalized spacial score (nSPS) is 19.0. The van der Waals surface area contributed by atoms with E-state index < -0.39 is 0 Å². The SMILES string of the molecule is O=C(Cn1nc(-c2ccccc2)ccc1=O)N1CCC2(CCNC2)CC1. The van der Waals surface area contributed by atoms with Gasteiger partial charge in [0.2, 0.25) is 5.91 Å². The van der Waals surface area contributed by atoms with Crippen molar-refractivity contribution >= 4 is 5.91 Å². The molecular formula is C20H24N4O2. The van der Waals surface area contributed by atoms with E-state index in [2.05, 4.69) is 10.4 Å². The summed E-state index contributed by atoms with van der Waals surface area (Å²) < 4.78 is 1.28. The summed E-state index contributed by atoms with van der Waals surface area (Å²) in [5, 5.41) is 7.83. The van der Waals surface area contributed by atoms with Crippen LogP contribution in [0, 0.1) is 5.41 Å². The van der Waals surface area contributed by atoms with E-state index in [4.69, 9.17) is 0 Å². The Morgan fingerprint density at radius 3 is 2.54 bits per heavy atom. The van der Waals surface area contributed by atoms with Crippen molar-refractivity contribution in [1.82, 2.24) is 20.0 Å². The molecule has 2 fully saturated rings. The molecule has 1 aromatic heterocycles. The van der Waals surface area contributed by atoms with Gasteiger partial charge in [0, 0.05) is 31.3 Å². The molecule has 1 N–H and O–H groups in total. The molecule has 2 saturated heterocycles. The van der Waals surface area contributed by atoms with Gasteiger partial charge in [-0.2, -0.15) is 5.10 Å². The number of hydrogen-bond acceptors (Lipinski definition) is 4. The van der Waals surface area contributed by atoms with Gasteiger partial charge >= 0.3 is 0 Å². The van der Waals surface area contributed by atoms with Crippen LogP contribution in [0.25, 0.3) is 11.3 Å². The number of likely N-dealkylation sites (tertiary alicyclic amines) is 1. The molecule has 0 aliphatic carbocycles. The minimum atomic E-state index is -0.244. The third-order valence-corrected chi connectivity index (χ3v) is 5.73. The molecule has 26 heavy (non-hydrogen) atoms. The Morgan fingerprint density at radius 1 is 1.08 bits per heavy atom. The van der Waals surface area contributed by atoms with Crippen LogP contribution in [0.15, 0.2) is 47.3 Å². The van der Waals surface area contributed by atoms with Crippen molar-refractivity contribution in [2.45, 2.75) is 25.8 Å². The number of amides is 1. The molecule has 0 radical (unpaired) electrons. The highest BCUT2D eigenvalue weighted by Gasteiger charge is 2.38. The molecule has 0 bridgehead atoms. The fraction of sp³-hybridized carbons (Fsp3) is 0.450. The summed E-state index contributed by atoms with van der Waals surface area (Å²) in [5.41, 5.74) is 1.76. The lowest BCUT2D eigenvalue weighted by molar-refractivity contribution is -0.134. The summed E-state index contributed by atoms with van der Waals surface area (Å²) in [4.78, 5) is 26.7. The molecule has 6 nitrogen and oxygen atoms in total. The molecule has 1 spiro atoms. The van der Waals surface area contributed by atoms with Gasteiger partial charge < -0.3 is 10.2 Å². The number of benzene rings is 1. The Morgan fingerprint density at radius 2 is 1.85 bits per heavy atom. The lowest BCUT2D eigenvalue weighted by Gasteiger charge is -2.38. The number of rotatable bonds is 3. The summed E-state index contributed by atoms with van der Waals surface area (Å²) in [7, 11) is 0. The fourth-order valence-corrected chi connectivity index (χ4v) is 4.01. The maximum Gasteiger partial charge on any atom is 0.267 e. The maximum absolute atomic E-state index is 12.7. The molecule has 2 aliphatic heterocycles. The Bertz CT molecular complexity index is 830. The highest BCUT2D eigenvalue weighted by Crippen LogP contribution is 2.36. The van der Waals surface area contributed by atoms with E-state index in [1.807, 2.05) is 35.2 Å². The second kappa shape index (κ2) is 7.03. The number of aromatic nitrogens is 2. The van der Waals surface area contributed by atoms with Crippen molar-refractivity contribution in [3.8, 4) is 11.3 Å². The van der Waals surface area contributed by atoms with E-state index >= 15 is 0 Å². The number of carbonyl (C=O) groups excluding carboxylic acids is 1. The van der Waals surface area contributed by atoms with E-state index in [1.165, 1.54) is 17.2 Å². The minimum absolute atomic E-state index is 0.00472. The van der Waals surface area contributed by atoms with Gasteiger partial charge in [-0.3, -0.25) is 9.59 Å². The number of carbonyl (C=O) groups is 1. The first-order valence-corrected chi connectivity index (χ1v) is 9.27. The summed E-state index contributed by atoms with van der Waals surface area (Å²) in [6, 6.07) is 12.9. The minimum Gasteiger partial charge on any atom is -0.341 e. The maximum atomic E-state index is 12.7. The highest BCUT2D eigenvalue weighted by atomic mass is 16.2. The molecule has 0 saturated carbocycles. The van der Waals surface area contributed by atoms with Crippen molar-refractivity contribution in [2.75, 3.05) is 26.2 Å². The molecule has 1 aromatic carbocycles. The van der Waals surface area contributed by atoms with Gasteiger partial charge in [-0.25, -0.2) is 4.68 Å². The van der Waals surface area contributed by atoms with E-state index in [1.54, 1.807) is 6.07 Å². The van der Waals surface area contributed by atoms with E-state index in [0.29, 0.717) is 11.1 Å². The summed E-state index contributed by atoms with van der Waals surface area (Å²) in [6.07, 6.45) is 3.28. The Labute approximate surface area is 152 Å². The zero-order chi connectivity index (χ0) is 18.0. The van der Waals surface area contributed by atoms with Crippen molar-refractivity contribution < 1.29 is 4.79 Å². The molecule has 0 unspecified atom stereocenters. The van der Waals surface area contributed by atoms with Gasteiger partial charge in [0.1, 0.15) is 6.54 Å². The Balaban J connectivity index is 1.45. The van der Waals surface area contributed by atoms with E-state index in [0.717, 1.165) is 44.6 Å². The smallest absolute Gasteiger partial charge is 0.267 e. The van der Waals surface area contributed by atoms with Crippen LogP contribution >= 0.6 is 0 Å². The molecule has 136 valence electrons. The van der Waals surface area contributed by atoms with Crippen molar-refractivity contribution in [3.05, 3.63) is 52.8 Å². The van der Waals surface area contributed by atoms with Gasteiger partial charge in [-0.1, -0.05) is 30.3 Å². The lowest BCUT2D eigenvalue weighted by atomic mass is 9.78. The van der Waals surface area contributed by atoms with Gasteiger partial charge in [0.25, 0.3) is 5.56 Å². The van der Waals surface area contributed by atoms with Crippen LogP contribution in [0.4, 0.5) is 0 Å². The number of piperidine rings is 1. The molecule has 2 aliphatic rings. The molecular weight excluding hydrogens is 328 g/mol. The Kier molecular flexibility index (Phi) is 4.59. The quantitative estimate of drug-likeness (QED) is 0.909. The van der Waals surface area contributed by atoms with Gasteiger partial charge in [0.05, 0.1) is 5.69 Å².